The molecular weight excluding hydrogens is 181 g/mol. The summed E-state index contributed by atoms with van der Waals surface area (Å²) in [5.74, 6) is -0.231. The zero-order valence-electron chi connectivity index (χ0n) is 8.34. The molecule has 0 atom stereocenters. The van der Waals surface area contributed by atoms with Crippen LogP contribution in [-0.4, -0.2) is 17.9 Å². The summed E-state index contributed by atoms with van der Waals surface area (Å²) in [5.41, 5.74) is 7.15. The van der Waals surface area contributed by atoms with Crippen LogP contribution in [0.2, 0.25) is 0 Å². The molecule has 76 valence electrons. The molecule has 0 aromatic heterocycles. The van der Waals surface area contributed by atoms with Crippen molar-refractivity contribution in [2.75, 3.05) is 7.05 Å². The Hall–Kier alpha value is -1.58. The van der Waals surface area contributed by atoms with Crippen LogP contribution in [0.1, 0.15) is 11.1 Å². The Morgan fingerprint density at radius 2 is 2.21 bits per heavy atom. The van der Waals surface area contributed by atoms with Gasteiger partial charge in [0.15, 0.2) is 5.96 Å². The largest absolute Gasteiger partial charge is 0.370 e. The summed E-state index contributed by atoms with van der Waals surface area (Å²) in [5, 5.41) is 7.19. The first kappa shape index (κ1) is 10.5. The van der Waals surface area contributed by atoms with Gasteiger partial charge in [0.2, 0.25) is 0 Å². The number of nitrogens with zero attached hydrogens (tertiary/aromatic N) is 1. The van der Waals surface area contributed by atoms with Crippen LogP contribution in [0.5, 0.6) is 0 Å². The third kappa shape index (κ3) is 2.45. The highest BCUT2D eigenvalue weighted by Crippen LogP contribution is 2.11. The summed E-state index contributed by atoms with van der Waals surface area (Å²) >= 11 is 0. The van der Waals surface area contributed by atoms with Crippen molar-refractivity contribution in [3.05, 3.63) is 35.1 Å². The average molecular weight is 195 g/mol. The molecule has 0 radical (unpaired) electrons. The van der Waals surface area contributed by atoms with Crippen molar-refractivity contribution in [2.24, 2.45) is 5.73 Å². The average Bonchev–Trinajstić information content (AvgIpc) is 2.09. The van der Waals surface area contributed by atoms with Crippen molar-refractivity contribution >= 4 is 5.96 Å². The molecule has 0 aliphatic rings. The molecular formula is C10H14FN3. The maximum atomic E-state index is 12.8. The van der Waals surface area contributed by atoms with Gasteiger partial charge in [0.05, 0.1) is 0 Å². The van der Waals surface area contributed by atoms with Crippen molar-refractivity contribution in [3.63, 3.8) is 0 Å². The Morgan fingerprint density at radius 1 is 1.57 bits per heavy atom. The summed E-state index contributed by atoms with van der Waals surface area (Å²) in [6, 6.07) is 4.60. The van der Waals surface area contributed by atoms with Crippen LogP contribution in [0.25, 0.3) is 0 Å². The Labute approximate surface area is 82.8 Å². The molecule has 1 rings (SSSR count). The van der Waals surface area contributed by atoms with Crippen LogP contribution >= 0.6 is 0 Å². The van der Waals surface area contributed by atoms with E-state index < -0.39 is 0 Å². The number of benzene rings is 1. The van der Waals surface area contributed by atoms with Crippen molar-refractivity contribution in [2.45, 2.75) is 13.5 Å². The molecule has 0 fully saturated rings. The van der Waals surface area contributed by atoms with Gasteiger partial charge >= 0.3 is 0 Å². The predicted octanol–water partition coefficient (Wildman–Crippen LogP) is 1.46. The van der Waals surface area contributed by atoms with Gasteiger partial charge in [0, 0.05) is 13.6 Å². The summed E-state index contributed by atoms with van der Waals surface area (Å²) in [4.78, 5) is 1.60. The van der Waals surface area contributed by atoms with Gasteiger partial charge in [-0.1, -0.05) is 6.07 Å². The lowest BCUT2D eigenvalue weighted by Gasteiger charge is -2.17. The lowest BCUT2D eigenvalue weighted by Crippen LogP contribution is -2.32. The van der Waals surface area contributed by atoms with E-state index in [4.69, 9.17) is 11.1 Å². The Balaban J connectivity index is 2.82. The predicted molar refractivity (Wildman–Crippen MR) is 54.5 cm³/mol. The van der Waals surface area contributed by atoms with E-state index in [0.29, 0.717) is 6.54 Å². The van der Waals surface area contributed by atoms with Gasteiger partial charge in [-0.2, -0.15) is 0 Å². The first-order chi connectivity index (χ1) is 6.50. The molecule has 4 heteroatoms. The standard InChI is InChI=1S/C10H14FN3/c1-7-5-9(11)4-3-8(7)6-14(2)10(12)13/h3-5H,6H2,1-2H3,(H3,12,13). The van der Waals surface area contributed by atoms with Crippen LogP contribution in [0.4, 0.5) is 4.39 Å². The number of rotatable bonds is 2. The van der Waals surface area contributed by atoms with E-state index >= 15 is 0 Å². The van der Waals surface area contributed by atoms with E-state index in [-0.39, 0.29) is 11.8 Å². The highest BCUT2D eigenvalue weighted by Gasteiger charge is 2.04. The van der Waals surface area contributed by atoms with Gasteiger partial charge in [-0.25, -0.2) is 4.39 Å². The molecule has 0 saturated heterocycles. The first-order valence-corrected chi connectivity index (χ1v) is 4.31. The van der Waals surface area contributed by atoms with Gasteiger partial charge in [-0.15, -0.1) is 0 Å². The SMILES string of the molecule is Cc1cc(F)ccc1CN(C)C(=N)N. The molecule has 3 nitrogen and oxygen atoms in total. The minimum absolute atomic E-state index is 0.00808. The Kier molecular flexibility index (Phi) is 3.06. The van der Waals surface area contributed by atoms with Gasteiger partial charge < -0.3 is 10.6 Å². The number of hydrogen-bond acceptors (Lipinski definition) is 1. The quantitative estimate of drug-likeness (QED) is 0.554. The lowest BCUT2D eigenvalue weighted by atomic mass is 10.1. The topological polar surface area (TPSA) is 53.1 Å². The highest BCUT2D eigenvalue weighted by atomic mass is 19.1. The van der Waals surface area contributed by atoms with E-state index in [0.717, 1.165) is 11.1 Å². The van der Waals surface area contributed by atoms with Crippen LogP contribution in [0, 0.1) is 18.2 Å². The Bertz CT molecular complexity index is 349. The smallest absolute Gasteiger partial charge is 0.188 e. The third-order valence-corrected chi connectivity index (χ3v) is 2.12. The van der Waals surface area contributed by atoms with Crippen LogP contribution in [0.15, 0.2) is 18.2 Å². The van der Waals surface area contributed by atoms with E-state index in [1.165, 1.54) is 12.1 Å². The molecule has 1 aromatic rings. The van der Waals surface area contributed by atoms with E-state index in [9.17, 15) is 4.39 Å². The third-order valence-electron chi connectivity index (χ3n) is 2.12. The second kappa shape index (κ2) is 4.09. The summed E-state index contributed by atoms with van der Waals surface area (Å²) in [7, 11) is 1.73. The zero-order chi connectivity index (χ0) is 10.7. The van der Waals surface area contributed by atoms with Gasteiger partial charge in [0.25, 0.3) is 0 Å². The molecule has 0 unspecified atom stereocenters. The van der Waals surface area contributed by atoms with Gasteiger partial charge in [0.1, 0.15) is 5.82 Å². The molecule has 0 spiro atoms. The number of nitrogens with two attached hydrogens (primary N) is 1. The fraction of sp³-hybridized carbons (Fsp3) is 0.300. The second-order valence-electron chi connectivity index (χ2n) is 3.31. The molecule has 0 aliphatic carbocycles. The maximum absolute atomic E-state index is 12.8. The maximum Gasteiger partial charge on any atom is 0.188 e. The molecule has 0 bridgehead atoms. The van der Waals surface area contributed by atoms with Crippen molar-refractivity contribution < 1.29 is 4.39 Å². The van der Waals surface area contributed by atoms with Crippen LogP contribution < -0.4 is 5.73 Å². The summed E-state index contributed by atoms with van der Waals surface area (Å²) < 4.78 is 12.8. The van der Waals surface area contributed by atoms with Crippen LogP contribution in [0.3, 0.4) is 0 Å². The minimum Gasteiger partial charge on any atom is -0.370 e. The molecule has 1 aromatic carbocycles. The number of aryl methyl sites for hydroxylation is 1. The first-order valence-electron chi connectivity index (χ1n) is 4.31. The van der Waals surface area contributed by atoms with E-state index in [1.807, 2.05) is 6.92 Å². The number of hydrogen-bond donors (Lipinski definition) is 2. The lowest BCUT2D eigenvalue weighted by molar-refractivity contribution is 0.489. The fourth-order valence-corrected chi connectivity index (χ4v) is 1.18. The van der Waals surface area contributed by atoms with E-state index in [2.05, 4.69) is 0 Å². The molecule has 0 amide bonds. The zero-order valence-corrected chi connectivity index (χ0v) is 8.34. The van der Waals surface area contributed by atoms with E-state index in [1.54, 1.807) is 18.0 Å². The summed E-state index contributed by atoms with van der Waals surface area (Å²) in [6.45, 7) is 2.37. The van der Waals surface area contributed by atoms with Crippen LogP contribution in [-0.2, 0) is 6.54 Å². The van der Waals surface area contributed by atoms with Gasteiger partial charge in [-0.05, 0) is 30.2 Å². The number of halogens is 1. The summed E-state index contributed by atoms with van der Waals surface area (Å²) in [6.07, 6.45) is 0. The molecule has 0 saturated carbocycles. The minimum atomic E-state index is -0.239. The second-order valence-corrected chi connectivity index (χ2v) is 3.31. The van der Waals surface area contributed by atoms with Crippen molar-refractivity contribution in [1.82, 2.24) is 4.90 Å². The van der Waals surface area contributed by atoms with Crippen molar-refractivity contribution in [1.29, 1.82) is 5.41 Å². The van der Waals surface area contributed by atoms with Gasteiger partial charge in [-0.3, -0.25) is 5.41 Å². The fourth-order valence-electron chi connectivity index (χ4n) is 1.18. The van der Waals surface area contributed by atoms with Crippen molar-refractivity contribution in [3.8, 4) is 0 Å². The number of nitrogens with one attached hydrogen (secondary N) is 1. The molecule has 14 heavy (non-hydrogen) atoms. The molecule has 0 heterocycles. The number of guanidine groups is 1. The monoisotopic (exact) mass is 195 g/mol. The normalized spacial score (nSPS) is 9.93. The highest BCUT2D eigenvalue weighted by molar-refractivity contribution is 5.74. The molecule has 3 N–H and O–H groups in total. The Morgan fingerprint density at radius 3 is 2.71 bits per heavy atom. The molecule has 0 aliphatic heterocycles.